The third kappa shape index (κ3) is 4.02. The summed E-state index contributed by atoms with van der Waals surface area (Å²) >= 11 is 0. The van der Waals surface area contributed by atoms with Gasteiger partial charge < -0.3 is 9.72 Å². The molecule has 5 heteroatoms. The van der Waals surface area contributed by atoms with Gasteiger partial charge in [0, 0.05) is 18.4 Å². The third-order valence-corrected chi connectivity index (χ3v) is 2.29. The Bertz CT molecular complexity index is 309. The van der Waals surface area contributed by atoms with Crippen molar-refractivity contribution in [3.63, 3.8) is 0 Å². The molecule has 0 radical (unpaired) electrons. The summed E-state index contributed by atoms with van der Waals surface area (Å²) in [5.74, 6) is 0.228. The van der Waals surface area contributed by atoms with Crippen LogP contribution in [-0.4, -0.2) is 29.1 Å². The molecular formula is C11H19N3O2. The number of imidazole rings is 1. The molecule has 0 bridgehead atoms. The highest BCUT2D eigenvalue weighted by molar-refractivity contribution is 5.75. The van der Waals surface area contributed by atoms with Crippen LogP contribution >= 0.6 is 0 Å². The van der Waals surface area contributed by atoms with Gasteiger partial charge in [0.15, 0.2) is 0 Å². The maximum atomic E-state index is 11.5. The van der Waals surface area contributed by atoms with E-state index in [9.17, 15) is 4.79 Å². The third-order valence-electron chi connectivity index (χ3n) is 2.29. The second-order valence-corrected chi connectivity index (χ2v) is 4.16. The van der Waals surface area contributed by atoms with Crippen LogP contribution in [0.2, 0.25) is 0 Å². The minimum atomic E-state index is -0.256. The fourth-order valence-electron chi connectivity index (χ4n) is 1.49. The van der Waals surface area contributed by atoms with E-state index < -0.39 is 0 Å². The van der Waals surface area contributed by atoms with Gasteiger partial charge in [-0.2, -0.15) is 0 Å². The normalized spacial score (nSPS) is 12.8. The van der Waals surface area contributed by atoms with Crippen molar-refractivity contribution in [3.05, 3.63) is 18.2 Å². The molecule has 0 aliphatic rings. The molecule has 16 heavy (non-hydrogen) atoms. The van der Waals surface area contributed by atoms with Crippen molar-refractivity contribution in [2.45, 2.75) is 32.9 Å². The number of methoxy groups -OCH3 is 1. The molecule has 0 amide bonds. The number of nitrogens with one attached hydrogen (secondary N) is 2. The molecule has 1 atom stereocenters. The Morgan fingerprint density at radius 1 is 1.62 bits per heavy atom. The highest BCUT2D eigenvalue weighted by atomic mass is 16.5. The molecule has 0 aromatic carbocycles. The van der Waals surface area contributed by atoms with Crippen LogP contribution in [0.5, 0.6) is 0 Å². The summed E-state index contributed by atoms with van der Waals surface area (Å²) in [7, 11) is 1.41. The Morgan fingerprint density at radius 2 is 2.38 bits per heavy atom. The molecule has 0 saturated carbocycles. The van der Waals surface area contributed by atoms with Crippen LogP contribution in [-0.2, 0) is 16.1 Å². The summed E-state index contributed by atoms with van der Waals surface area (Å²) in [5.41, 5.74) is 0.956. The van der Waals surface area contributed by atoms with Crippen LogP contribution in [0.3, 0.4) is 0 Å². The largest absolute Gasteiger partial charge is 0.468 e. The summed E-state index contributed by atoms with van der Waals surface area (Å²) in [6, 6.07) is -0.256. The minimum absolute atomic E-state index is 0.215. The van der Waals surface area contributed by atoms with Crippen LogP contribution in [0, 0.1) is 5.92 Å². The monoisotopic (exact) mass is 225 g/mol. The molecule has 5 nitrogen and oxygen atoms in total. The van der Waals surface area contributed by atoms with Gasteiger partial charge in [-0.1, -0.05) is 13.8 Å². The molecule has 1 aromatic heterocycles. The van der Waals surface area contributed by atoms with Crippen molar-refractivity contribution in [1.82, 2.24) is 15.3 Å². The Hall–Kier alpha value is -1.36. The van der Waals surface area contributed by atoms with E-state index in [1.165, 1.54) is 7.11 Å². The number of carbonyl (C=O) groups is 1. The number of aromatic nitrogens is 2. The van der Waals surface area contributed by atoms with Crippen LogP contribution < -0.4 is 5.32 Å². The highest BCUT2D eigenvalue weighted by Gasteiger charge is 2.19. The maximum absolute atomic E-state index is 11.5. The van der Waals surface area contributed by atoms with Crippen molar-refractivity contribution >= 4 is 5.97 Å². The first-order chi connectivity index (χ1) is 7.63. The molecule has 0 fully saturated rings. The molecule has 2 N–H and O–H groups in total. The fourth-order valence-corrected chi connectivity index (χ4v) is 1.49. The zero-order chi connectivity index (χ0) is 12.0. The van der Waals surface area contributed by atoms with E-state index in [0.29, 0.717) is 12.5 Å². The predicted molar refractivity (Wildman–Crippen MR) is 60.7 cm³/mol. The summed E-state index contributed by atoms with van der Waals surface area (Å²) in [6.07, 6.45) is 4.12. The number of aromatic amines is 1. The topological polar surface area (TPSA) is 67.0 Å². The lowest BCUT2D eigenvalue weighted by Crippen LogP contribution is -2.38. The standard InChI is InChI=1S/C11H19N3O2/c1-8(2)4-10(11(15)16-3)13-6-9-5-12-7-14-9/h5,7-8,10,13H,4,6H2,1-3H3,(H,12,14). The van der Waals surface area contributed by atoms with E-state index in [2.05, 4.69) is 29.1 Å². The Labute approximate surface area is 95.6 Å². The van der Waals surface area contributed by atoms with Crippen molar-refractivity contribution in [3.8, 4) is 0 Å². The minimum Gasteiger partial charge on any atom is -0.468 e. The lowest BCUT2D eigenvalue weighted by atomic mass is 10.0. The zero-order valence-electron chi connectivity index (χ0n) is 9.99. The van der Waals surface area contributed by atoms with Crippen molar-refractivity contribution in [2.24, 2.45) is 5.92 Å². The molecule has 90 valence electrons. The average Bonchev–Trinajstić information content (AvgIpc) is 2.75. The number of H-pyrrole nitrogens is 1. The van der Waals surface area contributed by atoms with E-state index >= 15 is 0 Å². The van der Waals surface area contributed by atoms with E-state index in [4.69, 9.17) is 4.74 Å². The first kappa shape index (κ1) is 12.7. The number of rotatable bonds is 6. The molecule has 0 aliphatic heterocycles. The average molecular weight is 225 g/mol. The second-order valence-electron chi connectivity index (χ2n) is 4.16. The molecule has 1 rings (SSSR count). The number of esters is 1. The van der Waals surface area contributed by atoms with E-state index in [1.54, 1.807) is 12.5 Å². The smallest absolute Gasteiger partial charge is 0.322 e. The summed E-state index contributed by atoms with van der Waals surface area (Å²) in [6.45, 7) is 4.74. The number of hydrogen-bond acceptors (Lipinski definition) is 4. The molecule has 1 aromatic rings. The molecule has 0 spiro atoms. The van der Waals surface area contributed by atoms with Crippen molar-refractivity contribution in [1.29, 1.82) is 0 Å². The van der Waals surface area contributed by atoms with Gasteiger partial charge in [0.25, 0.3) is 0 Å². The molecule has 0 saturated heterocycles. The number of ether oxygens (including phenoxy) is 1. The number of nitrogens with zero attached hydrogens (tertiary/aromatic N) is 1. The lowest BCUT2D eigenvalue weighted by molar-refractivity contribution is -0.143. The van der Waals surface area contributed by atoms with Gasteiger partial charge in [-0.05, 0) is 12.3 Å². The van der Waals surface area contributed by atoms with Gasteiger partial charge in [-0.15, -0.1) is 0 Å². The van der Waals surface area contributed by atoms with Gasteiger partial charge in [0.05, 0.1) is 13.4 Å². The van der Waals surface area contributed by atoms with E-state index in [0.717, 1.165) is 12.1 Å². The maximum Gasteiger partial charge on any atom is 0.322 e. The predicted octanol–water partition coefficient (Wildman–Crippen LogP) is 1.09. The molecular weight excluding hydrogens is 206 g/mol. The Balaban J connectivity index is 2.46. The van der Waals surface area contributed by atoms with Gasteiger partial charge in [0.2, 0.25) is 0 Å². The molecule has 1 unspecified atom stereocenters. The first-order valence-electron chi connectivity index (χ1n) is 5.42. The van der Waals surface area contributed by atoms with Crippen LogP contribution in [0.15, 0.2) is 12.5 Å². The zero-order valence-corrected chi connectivity index (χ0v) is 9.99. The lowest BCUT2D eigenvalue weighted by Gasteiger charge is -2.17. The van der Waals surface area contributed by atoms with Crippen LogP contribution in [0.1, 0.15) is 26.0 Å². The van der Waals surface area contributed by atoms with Crippen molar-refractivity contribution < 1.29 is 9.53 Å². The first-order valence-corrected chi connectivity index (χ1v) is 5.42. The van der Waals surface area contributed by atoms with Gasteiger partial charge >= 0.3 is 5.97 Å². The number of carbonyl (C=O) groups excluding carboxylic acids is 1. The highest BCUT2D eigenvalue weighted by Crippen LogP contribution is 2.06. The molecule has 0 aliphatic carbocycles. The summed E-state index contributed by atoms with van der Waals surface area (Å²) in [5, 5.41) is 3.16. The van der Waals surface area contributed by atoms with Crippen molar-refractivity contribution in [2.75, 3.05) is 7.11 Å². The Kier molecular flexibility index (Phi) is 4.98. The summed E-state index contributed by atoms with van der Waals surface area (Å²) in [4.78, 5) is 18.4. The van der Waals surface area contributed by atoms with Gasteiger partial charge in [-0.25, -0.2) is 4.98 Å². The van der Waals surface area contributed by atoms with E-state index in [1.807, 2.05) is 0 Å². The molecule has 1 heterocycles. The van der Waals surface area contributed by atoms with Crippen LogP contribution in [0.4, 0.5) is 0 Å². The quantitative estimate of drug-likeness (QED) is 0.711. The second kappa shape index (κ2) is 6.27. The van der Waals surface area contributed by atoms with Gasteiger partial charge in [0.1, 0.15) is 6.04 Å². The van der Waals surface area contributed by atoms with E-state index in [-0.39, 0.29) is 12.0 Å². The van der Waals surface area contributed by atoms with Crippen LogP contribution in [0.25, 0.3) is 0 Å². The fraction of sp³-hybridized carbons (Fsp3) is 0.636. The number of hydrogen-bond donors (Lipinski definition) is 2. The summed E-state index contributed by atoms with van der Waals surface area (Å²) < 4.78 is 4.76. The SMILES string of the molecule is COC(=O)C(CC(C)C)NCc1cnc[nH]1. The Morgan fingerprint density at radius 3 is 2.88 bits per heavy atom. The van der Waals surface area contributed by atoms with Gasteiger partial charge in [-0.3, -0.25) is 10.1 Å².